The van der Waals surface area contributed by atoms with E-state index < -0.39 is 5.91 Å². The summed E-state index contributed by atoms with van der Waals surface area (Å²) in [6.07, 6.45) is 2.46. The van der Waals surface area contributed by atoms with Gasteiger partial charge in [0, 0.05) is 17.5 Å². The van der Waals surface area contributed by atoms with E-state index in [1.165, 1.54) is 40.3 Å². The van der Waals surface area contributed by atoms with Crippen LogP contribution < -0.4 is 38.5 Å². The van der Waals surface area contributed by atoms with Crippen molar-refractivity contribution in [1.29, 1.82) is 0 Å². The van der Waals surface area contributed by atoms with Gasteiger partial charge in [-0.1, -0.05) is 39.5 Å². The van der Waals surface area contributed by atoms with E-state index >= 15 is 0 Å². The fourth-order valence-electron chi connectivity index (χ4n) is 5.00. The number of amides is 1. The molecule has 142 valence electrons. The predicted molar refractivity (Wildman–Crippen MR) is 135 cm³/mol. The maximum absolute atomic E-state index is 11.9. The summed E-state index contributed by atoms with van der Waals surface area (Å²) in [7, 11) is 10.9. The number of rotatable bonds is 3. The van der Waals surface area contributed by atoms with Crippen LogP contribution in [0.5, 0.6) is 0 Å². The number of fused-ring (bicyclic) bond motifs is 1. The zero-order valence-corrected chi connectivity index (χ0v) is 18.0. The number of hydrogen-bond donors (Lipinski definition) is 2. The number of carbonyl (C=O) groups excluding carboxylic acids is 1. The number of nitrogens with zero attached hydrogens (tertiary/aromatic N) is 2. The lowest BCUT2D eigenvalue weighted by molar-refractivity contribution is 0.100. The second-order valence-electron chi connectivity index (χ2n) is 8.37. The monoisotopic (exact) mass is 380 g/mol. The molecule has 10 heteroatoms. The summed E-state index contributed by atoms with van der Waals surface area (Å²) < 4.78 is 2.00. The second kappa shape index (κ2) is 7.49. The lowest BCUT2D eigenvalue weighted by Gasteiger charge is -2.30. The van der Waals surface area contributed by atoms with Crippen LogP contribution in [-0.2, 0) is 0 Å². The average Bonchev–Trinajstić information content (AvgIpc) is 3.04. The smallest absolute Gasteiger partial charge is 0.250 e. The third-order valence-corrected chi connectivity index (χ3v) is 6.77. The quantitative estimate of drug-likeness (QED) is 0.445. The second-order valence-corrected chi connectivity index (χ2v) is 8.37. The molecule has 2 heterocycles. The van der Waals surface area contributed by atoms with Crippen molar-refractivity contribution >= 4 is 83.5 Å². The van der Waals surface area contributed by atoms with Crippen molar-refractivity contribution in [2.24, 2.45) is 5.73 Å². The normalized spacial score (nSPS) is 16.9. The van der Waals surface area contributed by atoms with Crippen LogP contribution in [0.2, 0.25) is 0 Å². The van der Waals surface area contributed by atoms with E-state index in [-0.39, 0.29) is 0 Å². The Hall–Kier alpha value is -2.34. The molecule has 1 aromatic heterocycles. The van der Waals surface area contributed by atoms with Gasteiger partial charge in [0.2, 0.25) is 0 Å². The van der Waals surface area contributed by atoms with Gasteiger partial charge in [0.05, 0.1) is 11.3 Å². The minimum Gasteiger partial charge on any atom is -0.366 e. The molecule has 1 saturated heterocycles. The molecule has 5 nitrogen and oxygen atoms in total. The molecular formula is C19H25B5N4O. The summed E-state index contributed by atoms with van der Waals surface area (Å²) in [6.45, 7) is 2.17. The lowest BCUT2D eigenvalue weighted by Crippen LogP contribution is -2.50. The molecule has 1 atom stereocenters. The van der Waals surface area contributed by atoms with E-state index in [0.29, 0.717) is 17.0 Å². The first-order valence-electron chi connectivity index (χ1n) is 10.4. The van der Waals surface area contributed by atoms with Gasteiger partial charge in [0.1, 0.15) is 36.9 Å². The summed E-state index contributed by atoms with van der Waals surface area (Å²) in [5, 5.41) is 9.38. The van der Waals surface area contributed by atoms with E-state index in [9.17, 15) is 4.79 Å². The van der Waals surface area contributed by atoms with Crippen LogP contribution in [0.15, 0.2) is 18.2 Å². The van der Waals surface area contributed by atoms with Crippen molar-refractivity contribution in [3.05, 3.63) is 29.3 Å². The fraction of sp³-hybridized carbons (Fsp3) is 0.263. The molecule has 1 aliphatic heterocycles. The molecule has 0 aliphatic carbocycles. The summed E-state index contributed by atoms with van der Waals surface area (Å²) in [5.74, 6) is 0.121. The van der Waals surface area contributed by atoms with Gasteiger partial charge in [-0.2, -0.15) is 5.10 Å². The van der Waals surface area contributed by atoms with Crippen molar-refractivity contribution in [1.82, 2.24) is 15.1 Å². The van der Waals surface area contributed by atoms with Gasteiger partial charge in [0.25, 0.3) is 5.91 Å². The fourth-order valence-corrected chi connectivity index (χ4v) is 5.00. The van der Waals surface area contributed by atoms with Crippen LogP contribution >= 0.6 is 0 Å². The average molecular weight is 379 g/mol. The first kappa shape index (κ1) is 20.0. The molecule has 3 aromatic rings. The topological polar surface area (TPSA) is 72.9 Å². The zero-order valence-electron chi connectivity index (χ0n) is 18.0. The van der Waals surface area contributed by atoms with Gasteiger partial charge in [-0.05, 0) is 31.4 Å². The lowest BCUT2D eigenvalue weighted by atomic mass is 9.63. The van der Waals surface area contributed by atoms with Gasteiger partial charge in [-0.15, -0.1) is 0 Å². The highest BCUT2D eigenvalue weighted by Gasteiger charge is 2.24. The number of benzene rings is 2. The van der Waals surface area contributed by atoms with Gasteiger partial charge in [0.15, 0.2) is 7.85 Å². The summed E-state index contributed by atoms with van der Waals surface area (Å²) in [6, 6.07) is 5.63. The van der Waals surface area contributed by atoms with Gasteiger partial charge in [-0.25, -0.2) is 4.68 Å². The van der Waals surface area contributed by atoms with E-state index in [2.05, 4.69) is 44.5 Å². The molecule has 4 rings (SSSR count). The van der Waals surface area contributed by atoms with Crippen molar-refractivity contribution in [2.75, 3.05) is 13.1 Å². The van der Waals surface area contributed by atoms with E-state index in [4.69, 9.17) is 10.8 Å². The summed E-state index contributed by atoms with van der Waals surface area (Å²) >= 11 is 0. The highest BCUT2D eigenvalue weighted by atomic mass is 16.1. The molecule has 1 fully saturated rings. The Morgan fingerprint density at radius 3 is 2.38 bits per heavy atom. The minimum atomic E-state index is -0.443. The Kier molecular flexibility index (Phi) is 5.15. The van der Waals surface area contributed by atoms with Crippen LogP contribution in [0, 0.1) is 0 Å². The van der Waals surface area contributed by atoms with Crippen LogP contribution in [0.4, 0.5) is 0 Å². The molecule has 1 aliphatic rings. The van der Waals surface area contributed by atoms with Gasteiger partial charge < -0.3 is 11.1 Å². The van der Waals surface area contributed by atoms with Crippen LogP contribution in [-0.4, -0.2) is 68.0 Å². The van der Waals surface area contributed by atoms with Gasteiger partial charge in [-0.3, -0.25) is 4.79 Å². The molecule has 0 saturated carbocycles. The highest BCUT2D eigenvalue weighted by molar-refractivity contribution is 6.59. The maximum Gasteiger partial charge on any atom is 0.250 e. The molecule has 1 amide bonds. The Morgan fingerprint density at radius 2 is 1.79 bits per heavy atom. The third kappa shape index (κ3) is 3.14. The molecule has 2 aromatic carbocycles. The zero-order chi connectivity index (χ0) is 20.9. The van der Waals surface area contributed by atoms with Crippen LogP contribution in [0.1, 0.15) is 34.7 Å². The third-order valence-electron chi connectivity index (χ3n) is 6.77. The Morgan fingerprint density at radius 1 is 1.10 bits per heavy atom. The van der Waals surface area contributed by atoms with E-state index in [1.54, 1.807) is 6.07 Å². The predicted octanol–water partition coefficient (Wildman–Crippen LogP) is -6.12. The number of hydrogen-bond acceptors (Lipinski definition) is 3. The molecule has 29 heavy (non-hydrogen) atoms. The number of primary amides is 1. The molecular weight excluding hydrogens is 354 g/mol. The van der Waals surface area contributed by atoms with Crippen LogP contribution in [0.25, 0.3) is 16.6 Å². The van der Waals surface area contributed by atoms with Gasteiger partial charge >= 0.3 is 0 Å². The highest BCUT2D eigenvalue weighted by Crippen LogP contribution is 2.20. The first-order valence-corrected chi connectivity index (χ1v) is 10.4. The number of aromatic nitrogens is 2. The first-order chi connectivity index (χ1) is 13.8. The summed E-state index contributed by atoms with van der Waals surface area (Å²) in [5.41, 5.74) is 15.6. The molecule has 0 spiro atoms. The Bertz CT molecular complexity index is 1110. The largest absolute Gasteiger partial charge is 0.366 e. The number of piperidine rings is 1. The van der Waals surface area contributed by atoms with E-state index in [1.807, 2.05) is 16.8 Å². The number of nitrogens with one attached hydrogen (secondary N) is 1. The maximum atomic E-state index is 11.9. The van der Waals surface area contributed by atoms with Crippen molar-refractivity contribution < 1.29 is 4.79 Å². The Balaban J connectivity index is 1.96. The van der Waals surface area contributed by atoms with Crippen molar-refractivity contribution in [3.63, 3.8) is 0 Å². The molecule has 0 unspecified atom stereocenters. The molecule has 0 bridgehead atoms. The summed E-state index contributed by atoms with van der Waals surface area (Å²) in [4.78, 5) is 11.9. The standard InChI is InChI=1S/C19H25B5N4O/c20-12-11(8-3-2-6-26-7-8)13(21)15(23)17(14(12)22)28-18(24)9-4-1-5-10(19(25)29)16(9)27-28/h1,4-5,8,26H,2-3,6-7,20-24H2,(H2,25,29)/t8-/m1/s1. The Labute approximate surface area is 176 Å². The number of carbonyl (C=O) groups is 1. The van der Waals surface area contributed by atoms with Crippen LogP contribution in [0.3, 0.4) is 0 Å². The molecule has 0 radical (unpaired) electrons. The minimum absolute atomic E-state index is 0.443. The SMILES string of the molecule is Bc1c(B)c(-n2nc3c(C(N)=O)cccc3c2B)c(B)c(B)c1[C@@H]1CCCNC1. The molecule has 3 N–H and O–H groups in total. The van der Waals surface area contributed by atoms with E-state index in [0.717, 1.165) is 29.8 Å². The number of nitrogens with two attached hydrogens (primary N) is 1. The van der Waals surface area contributed by atoms with Crippen molar-refractivity contribution in [2.45, 2.75) is 18.8 Å². The van der Waals surface area contributed by atoms with Crippen molar-refractivity contribution in [3.8, 4) is 5.69 Å².